The third kappa shape index (κ3) is 2.68. The molecule has 1 heterocycles. The van der Waals surface area contributed by atoms with E-state index in [0.717, 1.165) is 19.3 Å². The lowest BCUT2D eigenvalue weighted by molar-refractivity contribution is -0.124. The Morgan fingerprint density at radius 3 is 2.70 bits per heavy atom. The minimum absolute atomic E-state index is 0.316. The molecule has 106 valence electrons. The molecule has 6 heteroatoms. The quantitative estimate of drug-likeness (QED) is 0.869. The average Bonchev–Trinajstić information content (AvgIpc) is 2.95. The summed E-state index contributed by atoms with van der Waals surface area (Å²) in [7, 11) is 1.30. The van der Waals surface area contributed by atoms with Crippen molar-refractivity contribution in [2.45, 2.75) is 32.1 Å². The SMILES string of the molecule is COC(=O)c1sccc1NC(=O)C1(C#N)CCCCC1. The van der Waals surface area contributed by atoms with Crippen LogP contribution in [0, 0.1) is 16.7 Å². The molecule has 1 amide bonds. The molecule has 0 aliphatic heterocycles. The summed E-state index contributed by atoms with van der Waals surface area (Å²) >= 11 is 1.21. The second-order valence-electron chi connectivity index (χ2n) is 4.86. The normalized spacial score (nSPS) is 17.0. The van der Waals surface area contributed by atoms with E-state index < -0.39 is 11.4 Å². The molecule has 0 bridgehead atoms. The number of esters is 1. The number of ether oxygens (including phenoxy) is 1. The molecule has 5 nitrogen and oxygen atoms in total. The Kier molecular flexibility index (Phi) is 4.40. The van der Waals surface area contributed by atoms with Gasteiger partial charge in [-0.15, -0.1) is 11.3 Å². The number of anilines is 1. The number of carbonyl (C=O) groups is 2. The molecule has 1 fully saturated rings. The predicted molar refractivity (Wildman–Crippen MR) is 75.4 cm³/mol. The highest BCUT2D eigenvalue weighted by Crippen LogP contribution is 2.37. The van der Waals surface area contributed by atoms with Crippen molar-refractivity contribution in [1.29, 1.82) is 5.26 Å². The summed E-state index contributed by atoms with van der Waals surface area (Å²) in [5.41, 5.74) is -0.542. The van der Waals surface area contributed by atoms with Crippen LogP contribution in [0.4, 0.5) is 5.69 Å². The van der Waals surface area contributed by atoms with E-state index in [0.29, 0.717) is 23.4 Å². The highest BCUT2D eigenvalue weighted by atomic mass is 32.1. The lowest BCUT2D eigenvalue weighted by atomic mass is 9.74. The number of hydrogen-bond donors (Lipinski definition) is 1. The smallest absolute Gasteiger partial charge is 0.350 e. The van der Waals surface area contributed by atoms with E-state index in [1.807, 2.05) is 0 Å². The van der Waals surface area contributed by atoms with Crippen molar-refractivity contribution < 1.29 is 14.3 Å². The Labute approximate surface area is 121 Å². The van der Waals surface area contributed by atoms with Gasteiger partial charge in [0.1, 0.15) is 10.3 Å². The summed E-state index contributed by atoms with van der Waals surface area (Å²) in [5.74, 6) is -0.798. The van der Waals surface area contributed by atoms with Gasteiger partial charge in [-0.05, 0) is 24.3 Å². The van der Waals surface area contributed by atoms with Crippen molar-refractivity contribution in [2.24, 2.45) is 5.41 Å². The zero-order valence-electron chi connectivity index (χ0n) is 11.3. The zero-order valence-corrected chi connectivity index (χ0v) is 12.1. The van der Waals surface area contributed by atoms with Gasteiger partial charge in [-0.25, -0.2) is 4.79 Å². The lowest BCUT2D eigenvalue weighted by Gasteiger charge is -2.29. The van der Waals surface area contributed by atoms with Gasteiger partial charge in [0, 0.05) is 0 Å². The number of amides is 1. The summed E-state index contributed by atoms with van der Waals surface area (Å²) in [6, 6.07) is 3.82. The van der Waals surface area contributed by atoms with Crippen LogP contribution in [0.5, 0.6) is 0 Å². The number of nitrogens with one attached hydrogen (secondary N) is 1. The first-order chi connectivity index (χ1) is 9.63. The molecule has 0 unspecified atom stereocenters. The van der Waals surface area contributed by atoms with Crippen LogP contribution in [0.25, 0.3) is 0 Å². The van der Waals surface area contributed by atoms with Crippen LogP contribution in [0.3, 0.4) is 0 Å². The van der Waals surface area contributed by atoms with Crippen molar-refractivity contribution in [3.05, 3.63) is 16.3 Å². The fourth-order valence-corrected chi connectivity index (χ4v) is 3.21. The van der Waals surface area contributed by atoms with Gasteiger partial charge in [-0.3, -0.25) is 4.79 Å². The average molecular weight is 292 g/mol. The summed E-state index contributed by atoms with van der Waals surface area (Å²) in [6.45, 7) is 0. The third-order valence-corrected chi connectivity index (χ3v) is 4.53. The Morgan fingerprint density at radius 1 is 1.40 bits per heavy atom. The lowest BCUT2D eigenvalue weighted by Crippen LogP contribution is -2.37. The summed E-state index contributed by atoms with van der Waals surface area (Å²) in [6.07, 6.45) is 3.98. The second-order valence-corrected chi connectivity index (χ2v) is 5.78. The highest BCUT2D eigenvalue weighted by Gasteiger charge is 2.40. The van der Waals surface area contributed by atoms with Crippen LogP contribution in [0.2, 0.25) is 0 Å². The van der Waals surface area contributed by atoms with Crippen LogP contribution in [0.15, 0.2) is 11.4 Å². The first-order valence-corrected chi connectivity index (χ1v) is 7.39. The van der Waals surface area contributed by atoms with Crippen LogP contribution in [0.1, 0.15) is 41.8 Å². The van der Waals surface area contributed by atoms with Gasteiger partial charge in [0.2, 0.25) is 5.91 Å². The van der Waals surface area contributed by atoms with Gasteiger partial charge >= 0.3 is 5.97 Å². The topological polar surface area (TPSA) is 79.2 Å². The van der Waals surface area contributed by atoms with Crippen LogP contribution >= 0.6 is 11.3 Å². The Morgan fingerprint density at radius 2 is 2.10 bits per heavy atom. The first kappa shape index (κ1) is 14.5. The van der Waals surface area contributed by atoms with Gasteiger partial charge in [0.05, 0.1) is 18.9 Å². The van der Waals surface area contributed by atoms with Crippen molar-refractivity contribution in [3.8, 4) is 6.07 Å². The molecule has 1 saturated carbocycles. The number of carbonyl (C=O) groups excluding carboxylic acids is 2. The van der Waals surface area contributed by atoms with Crippen LogP contribution < -0.4 is 5.32 Å². The molecule has 1 aromatic rings. The number of nitrogens with zero attached hydrogens (tertiary/aromatic N) is 1. The fourth-order valence-electron chi connectivity index (χ4n) is 2.45. The van der Waals surface area contributed by atoms with E-state index in [4.69, 9.17) is 0 Å². The van der Waals surface area contributed by atoms with E-state index in [2.05, 4.69) is 16.1 Å². The van der Waals surface area contributed by atoms with E-state index in [-0.39, 0.29) is 5.91 Å². The third-order valence-electron chi connectivity index (χ3n) is 3.64. The first-order valence-electron chi connectivity index (χ1n) is 6.51. The molecular formula is C14H16N2O3S. The van der Waals surface area contributed by atoms with E-state index in [1.165, 1.54) is 18.4 Å². The molecule has 2 rings (SSSR count). The number of thiophene rings is 1. The molecule has 20 heavy (non-hydrogen) atoms. The van der Waals surface area contributed by atoms with Gasteiger partial charge in [-0.1, -0.05) is 19.3 Å². The summed E-state index contributed by atoms with van der Waals surface area (Å²) in [4.78, 5) is 24.3. The zero-order chi connectivity index (χ0) is 14.6. The van der Waals surface area contributed by atoms with Crippen molar-refractivity contribution in [3.63, 3.8) is 0 Å². The Balaban J connectivity index is 2.17. The number of hydrogen-bond acceptors (Lipinski definition) is 5. The fraction of sp³-hybridized carbons (Fsp3) is 0.500. The van der Waals surface area contributed by atoms with Crippen molar-refractivity contribution >= 4 is 28.9 Å². The molecule has 1 aromatic heterocycles. The Bertz CT molecular complexity index is 553. The van der Waals surface area contributed by atoms with Gasteiger partial charge in [-0.2, -0.15) is 5.26 Å². The minimum atomic E-state index is -0.965. The maximum Gasteiger partial charge on any atom is 0.350 e. The molecule has 0 atom stereocenters. The minimum Gasteiger partial charge on any atom is -0.465 e. The predicted octanol–water partition coefficient (Wildman–Crippen LogP) is 2.95. The van der Waals surface area contributed by atoms with E-state index in [1.54, 1.807) is 11.4 Å². The van der Waals surface area contributed by atoms with Crippen LogP contribution in [-0.4, -0.2) is 19.0 Å². The molecule has 0 radical (unpaired) electrons. The van der Waals surface area contributed by atoms with Crippen LogP contribution in [-0.2, 0) is 9.53 Å². The maximum absolute atomic E-state index is 12.4. The largest absolute Gasteiger partial charge is 0.465 e. The van der Waals surface area contributed by atoms with E-state index in [9.17, 15) is 14.9 Å². The van der Waals surface area contributed by atoms with Gasteiger partial charge in [0.15, 0.2) is 0 Å². The number of rotatable bonds is 3. The molecular weight excluding hydrogens is 276 g/mol. The van der Waals surface area contributed by atoms with E-state index >= 15 is 0 Å². The Hall–Kier alpha value is -1.87. The molecule has 1 N–H and O–H groups in total. The molecule has 0 spiro atoms. The maximum atomic E-state index is 12.4. The molecule has 1 aliphatic carbocycles. The molecule has 0 aromatic carbocycles. The molecule has 0 saturated heterocycles. The monoisotopic (exact) mass is 292 g/mol. The van der Waals surface area contributed by atoms with Crippen molar-refractivity contribution in [2.75, 3.05) is 12.4 Å². The van der Waals surface area contributed by atoms with Crippen molar-refractivity contribution in [1.82, 2.24) is 0 Å². The van der Waals surface area contributed by atoms with Gasteiger partial charge < -0.3 is 10.1 Å². The summed E-state index contributed by atoms with van der Waals surface area (Å²) in [5, 5.41) is 13.8. The summed E-state index contributed by atoms with van der Waals surface area (Å²) < 4.78 is 4.67. The number of methoxy groups -OCH3 is 1. The van der Waals surface area contributed by atoms with Gasteiger partial charge in [0.25, 0.3) is 0 Å². The number of nitriles is 1. The molecule has 1 aliphatic rings. The highest BCUT2D eigenvalue weighted by molar-refractivity contribution is 7.12. The standard InChI is InChI=1S/C14H16N2O3S/c1-19-12(17)11-10(5-8-20-11)16-13(18)14(9-15)6-3-2-4-7-14/h5,8H,2-4,6-7H2,1H3,(H,16,18). The second kappa shape index (κ2) is 6.06.